The summed E-state index contributed by atoms with van der Waals surface area (Å²) >= 11 is 0. The number of esters is 1. The maximum Gasteiger partial charge on any atom is 0.472 e. The first kappa shape index (κ1) is 62.9. The van der Waals surface area contributed by atoms with Crippen molar-refractivity contribution in [3.63, 3.8) is 0 Å². The normalized spacial score (nSPS) is 14.7. The minimum absolute atomic E-state index is 0.0247. The number of amides is 1. The van der Waals surface area contributed by atoms with Crippen molar-refractivity contribution in [1.82, 2.24) is 5.32 Å². The van der Waals surface area contributed by atoms with Crippen LogP contribution in [0.1, 0.15) is 194 Å². The van der Waals surface area contributed by atoms with Crippen LogP contribution in [0.15, 0.2) is 97.2 Å². The number of allylic oxidation sites excluding steroid dienone is 15. The Bertz CT molecular complexity index is 1460. The van der Waals surface area contributed by atoms with Crippen LogP contribution in [0.4, 0.5) is 0 Å². The molecule has 0 aliphatic heterocycles. The Morgan fingerprint density at radius 3 is 1.56 bits per heavy atom. The summed E-state index contributed by atoms with van der Waals surface area (Å²) in [7, 11) is 1.44. The molecule has 0 saturated heterocycles. The van der Waals surface area contributed by atoms with Gasteiger partial charge in [0, 0.05) is 12.8 Å². The lowest BCUT2D eigenvalue weighted by Crippen LogP contribution is -2.47. The summed E-state index contributed by atoms with van der Waals surface area (Å²) in [5, 5.41) is 3.01. The highest BCUT2D eigenvalue weighted by Crippen LogP contribution is 2.43. The first-order valence-electron chi connectivity index (χ1n) is 26.1. The van der Waals surface area contributed by atoms with E-state index in [1.165, 1.54) is 64.2 Å². The Labute approximate surface area is 405 Å². The average Bonchev–Trinajstić information content (AvgIpc) is 3.27. The molecule has 0 spiro atoms. The van der Waals surface area contributed by atoms with E-state index in [4.69, 9.17) is 13.8 Å². The second-order valence-electron chi connectivity index (χ2n) is 18.5. The summed E-state index contributed by atoms with van der Waals surface area (Å²) in [5.41, 5.74) is 0. The molecule has 3 unspecified atom stereocenters. The van der Waals surface area contributed by atoms with Crippen molar-refractivity contribution >= 4 is 19.7 Å². The highest BCUT2D eigenvalue weighted by atomic mass is 31.2. The van der Waals surface area contributed by atoms with Crippen molar-refractivity contribution in [2.45, 2.75) is 206 Å². The maximum atomic E-state index is 13.4. The zero-order valence-electron chi connectivity index (χ0n) is 42.9. The number of phosphoric ester groups is 1. The largest absolute Gasteiger partial charge is 0.472 e. The van der Waals surface area contributed by atoms with Gasteiger partial charge in [0.1, 0.15) is 19.3 Å². The van der Waals surface area contributed by atoms with Gasteiger partial charge < -0.3 is 19.4 Å². The molecule has 0 aromatic heterocycles. The van der Waals surface area contributed by atoms with Crippen molar-refractivity contribution in [2.75, 3.05) is 40.9 Å². The van der Waals surface area contributed by atoms with Gasteiger partial charge in [-0.3, -0.25) is 18.6 Å². The molecular formula is C56H98N2O7P+. The molecule has 1 amide bonds. The number of likely N-dealkylation sites (N-methyl/N-ethyl adjacent to an activating group) is 1. The molecule has 66 heavy (non-hydrogen) atoms. The number of nitrogens with one attached hydrogen (secondary N) is 1. The van der Waals surface area contributed by atoms with Crippen LogP contribution < -0.4 is 5.32 Å². The Hall–Kier alpha value is -3.07. The van der Waals surface area contributed by atoms with Gasteiger partial charge in [-0.1, -0.05) is 208 Å². The number of quaternary nitrogens is 1. The molecule has 0 radical (unpaired) electrons. The van der Waals surface area contributed by atoms with E-state index in [-0.39, 0.29) is 37.9 Å². The van der Waals surface area contributed by atoms with E-state index in [9.17, 15) is 19.0 Å². The Morgan fingerprint density at radius 1 is 0.545 bits per heavy atom. The van der Waals surface area contributed by atoms with Crippen molar-refractivity contribution in [3.05, 3.63) is 97.2 Å². The number of ether oxygens (including phenoxy) is 1. The molecule has 2 N–H and O–H groups in total. The zero-order chi connectivity index (χ0) is 48.7. The van der Waals surface area contributed by atoms with Crippen LogP contribution in [0.25, 0.3) is 0 Å². The van der Waals surface area contributed by atoms with Crippen LogP contribution in [0.5, 0.6) is 0 Å². The molecule has 0 aromatic rings. The van der Waals surface area contributed by atoms with Gasteiger partial charge in [-0.25, -0.2) is 4.57 Å². The van der Waals surface area contributed by atoms with Crippen LogP contribution in [-0.4, -0.2) is 74.3 Å². The number of rotatable bonds is 45. The van der Waals surface area contributed by atoms with Crippen molar-refractivity contribution in [1.29, 1.82) is 0 Å². The smallest absolute Gasteiger partial charge is 0.456 e. The first-order valence-corrected chi connectivity index (χ1v) is 27.6. The van der Waals surface area contributed by atoms with Gasteiger partial charge in [-0.2, -0.15) is 0 Å². The number of phosphoric acid groups is 1. The number of nitrogens with zero attached hydrogens (tertiary/aromatic N) is 1. The number of carbonyl (C=O) groups excluding carboxylic acids is 2. The van der Waals surface area contributed by atoms with Gasteiger partial charge in [0.05, 0.1) is 33.8 Å². The third-order valence-corrected chi connectivity index (χ3v) is 11.9. The lowest BCUT2D eigenvalue weighted by Gasteiger charge is -2.27. The molecular weight excluding hydrogens is 844 g/mol. The van der Waals surface area contributed by atoms with Crippen LogP contribution in [0, 0.1) is 0 Å². The quantitative estimate of drug-likeness (QED) is 0.0156. The van der Waals surface area contributed by atoms with E-state index in [1.807, 2.05) is 94.1 Å². The van der Waals surface area contributed by atoms with Gasteiger partial charge >= 0.3 is 13.8 Å². The molecule has 3 atom stereocenters. The summed E-state index contributed by atoms with van der Waals surface area (Å²) in [6.45, 7) is 6.75. The summed E-state index contributed by atoms with van der Waals surface area (Å²) in [4.78, 5) is 37.4. The summed E-state index contributed by atoms with van der Waals surface area (Å²) in [6, 6.07) is -0.878. The molecule has 0 fully saturated rings. The lowest BCUT2D eigenvalue weighted by atomic mass is 10.1. The molecule has 9 nitrogen and oxygen atoms in total. The van der Waals surface area contributed by atoms with E-state index in [0.717, 1.165) is 89.9 Å². The fourth-order valence-electron chi connectivity index (χ4n) is 6.83. The maximum absolute atomic E-state index is 13.4. The SMILES string of the molecule is CC\C=C/C=C/C=C/C=C\C=C\C=C\CCCCCC(=O)NC(COP(=O)(O)OCC[N+](C)(C)C)C(/C=C\CCCCCCCCCCCC)OC(=O)CCCCCCC/C=C\CCCC. The van der Waals surface area contributed by atoms with Crippen molar-refractivity contribution < 1.29 is 37.3 Å². The van der Waals surface area contributed by atoms with Gasteiger partial charge in [-0.05, 0) is 70.3 Å². The molecule has 0 heterocycles. The fraction of sp³-hybridized carbons (Fsp3) is 0.679. The topological polar surface area (TPSA) is 111 Å². The third kappa shape index (κ3) is 46.1. The summed E-state index contributed by atoms with van der Waals surface area (Å²) in [5.74, 6) is -0.578. The summed E-state index contributed by atoms with van der Waals surface area (Å²) in [6.07, 6.45) is 59.7. The number of carbonyl (C=O) groups is 2. The van der Waals surface area contributed by atoms with Crippen LogP contribution in [-0.2, 0) is 27.9 Å². The molecule has 0 aromatic carbocycles. The predicted octanol–water partition coefficient (Wildman–Crippen LogP) is 15.3. The second kappa shape index (κ2) is 45.7. The van der Waals surface area contributed by atoms with Gasteiger partial charge in [0.15, 0.2) is 0 Å². The molecule has 378 valence electrons. The standard InChI is InChI=1S/C56H97N2O7P/c1-7-10-13-16-19-22-25-27-28-29-30-31-34-36-39-42-45-48-55(59)57-53(52-64-66(61,62)63-51-50-58(4,5)6)54(47-44-41-38-35-33-26-23-20-17-14-11-8-2)65-56(60)49-46-43-40-37-32-24-21-18-15-12-9-3/h10,13,16,18-19,21-22,25,27-31,34,44,47,53-54H,7-9,11-12,14-15,17,20,23-24,26,32-33,35-43,45-46,48-52H2,1-6H3,(H-,57,59,61,62)/p+1/b13-10-,19-16+,21-18-,25-22+,28-27-,30-29+,34-31+,47-44-. The molecule has 0 aliphatic carbocycles. The van der Waals surface area contributed by atoms with E-state index in [0.29, 0.717) is 17.4 Å². The monoisotopic (exact) mass is 942 g/mol. The zero-order valence-corrected chi connectivity index (χ0v) is 43.8. The molecule has 0 aliphatic rings. The Morgan fingerprint density at radius 2 is 1.00 bits per heavy atom. The highest BCUT2D eigenvalue weighted by Gasteiger charge is 2.30. The Kier molecular flexibility index (Phi) is 43.6. The number of hydrogen-bond donors (Lipinski definition) is 2. The minimum Gasteiger partial charge on any atom is -0.456 e. The molecule has 0 rings (SSSR count). The molecule has 0 saturated carbocycles. The van der Waals surface area contributed by atoms with Gasteiger partial charge in [0.25, 0.3) is 0 Å². The molecule has 0 bridgehead atoms. The van der Waals surface area contributed by atoms with Crippen LogP contribution in [0.3, 0.4) is 0 Å². The number of hydrogen-bond acceptors (Lipinski definition) is 6. The van der Waals surface area contributed by atoms with E-state index in [1.54, 1.807) is 0 Å². The minimum atomic E-state index is -4.46. The van der Waals surface area contributed by atoms with Crippen molar-refractivity contribution in [2.24, 2.45) is 0 Å². The Balaban J connectivity index is 5.53. The van der Waals surface area contributed by atoms with Gasteiger partial charge in [0.2, 0.25) is 5.91 Å². The third-order valence-electron chi connectivity index (χ3n) is 10.9. The van der Waals surface area contributed by atoms with Crippen LogP contribution in [0.2, 0.25) is 0 Å². The fourth-order valence-corrected chi connectivity index (χ4v) is 7.57. The predicted molar refractivity (Wildman–Crippen MR) is 281 cm³/mol. The highest BCUT2D eigenvalue weighted by molar-refractivity contribution is 7.47. The molecule has 10 heteroatoms. The number of unbranched alkanes of at least 4 members (excludes halogenated alkanes) is 20. The van der Waals surface area contributed by atoms with Crippen molar-refractivity contribution in [3.8, 4) is 0 Å². The first-order chi connectivity index (χ1) is 31.9. The lowest BCUT2D eigenvalue weighted by molar-refractivity contribution is -0.870. The van der Waals surface area contributed by atoms with E-state index >= 15 is 0 Å². The van der Waals surface area contributed by atoms with E-state index < -0.39 is 20.0 Å². The average molecular weight is 942 g/mol. The second-order valence-corrected chi connectivity index (χ2v) is 19.9. The summed E-state index contributed by atoms with van der Waals surface area (Å²) < 4.78 is 30.4. The van der Waals surface area contributed by atoms with Gasteiger partial charge in [-0.15, -0.1) is 0 Å². The van der Waals surface area contributed by atoms with Crippen LogP contribution >= 0.6 is 7.82 Å². The van der Waals surface area contributed by atoms with E-state index in [2.05, 4.69) is 50.4 Å².